The van der Waals surface area contributed by atoms with Crippen LogP contribution in [0.2, 0.25) is 0 Å². The van der Waals surface area contributed by atoms with Crippen LogP contribution in [0.5, 0.6) is 0 Å². The summed E-state index contributed by atoms with van der Waals surface area (Å²) in [4.78, 5) is 33.7. The lowest BCUT2D eigenvalue weighted by Crippen LogP contribution is -2.34. The average molecular weight is 554 g/mol. The normalized spacial score (nSPS) is 13.8. The zero-order valence-corrected chi connectivity index (χ0v) is 24.1. The molecule has 4 aromatic rings. The molecule has 0 atom stereocenters. The van der Waals surface area contributed by atoms with E-state index in [9.17, 15) is 9.59 Å². The molecule has 0 radical (unpaired) electrons. The van der Waals surface area contributed by atoms with Crippen molar-refractivity contribution in [2.45, 2.75) is 78.2 Å². The van der Waals surface area contributed by atoms with Crippen LogP contribution in [0.15, 0.2) is 53.3 Å². The van der Waals surface area contributed by atoms with E-state index in [1.165, 1.54) is 12.8 Å². The molecule has 1 aliphatic rings. The van der Waals surface area contributed by atoms with Gasteiger partial charge in [-0.05, 0) is 59.7 Å². The van der Waals surface area contributed by atoms with Crippen LogP contribution >= 0.6 is 0 Å². The summed E-state index contributed by atoms with van der Waals surface area (Å²) in [6.45, 7) is 6.14. The minimum atomic E-state index is -0.0282. The Kier molecular flexibility index (Phi) is 9.33. The van der Waals surface area contributed by atoms with Crippen LogP contribution in [0, 0.1) is 6.92 Å². The molecule has 0 saturated carbocycles. The minimum Gasteiger partial charge on any atom is -0.343 e. The molecule has 9 heteroatoms. The summed E-state index contributed by atoms with van der Waals surface area (Å²) in [6.07, 6.45) is 8.00. The number of tetrazole rings is 1. The number of H-pyrrole nitrogens is 1. The summed E-state index contributed by atoms with van der Waals surface area (Å²) in [7, 11) is 0. The Morgan fingerprint density at radius 2 is 1.68 bits per heavy atom. The van der Waals surface area contributed by atoms with Crippen LogP contribution in [-0.4, -0.2) is 54.1 Å². The fraction of sp³-hybridized carbons (Fsp3) is 0.438. The molecule has 1 saturated heterocycles. The van der Waals surface area contributed by atoms with Crippen molar-refractivity contribution in [3.05, 3.63) is 81.5 Å². The van der Waals surface area contributed by atoms with Crippen molar-refractivity contribution in [1.29, 1.82) is 0 Å². The van der Waals surface area contributed by atoms with E-state index < -0.39 is 0 Å². The SMILES string of the molecule is CCCCc1nc(C)c(CCC(=O)N2CCCCCC2)c(=O)n1Cc1ccc(-c2ccccc2-c2nnn[nH]2)cc1. The molecule has 2 aromatic heterocycles. The highest BCUT2D eigenvalue weighted by Gasteiger charge is 2.19. The van der Waals surface area contributed by atoms with Crippen LogP contribution in [0.1, 0.15) is 74.5 Å². The molecule has 0 bridgehead atoms. The van der Waals surface area contributed by atoms with E-state index >= 15 is 0 Å². The van der Waals surface area contributed by atoms with Gasteiger partial charge in [-0.2, -0.15) is 0 Å². The lowest BCUT2D eigenvalue weighted by Gasteiger charge is -2.21. The van der Waals surface area contributed by atoms with Gasteiger partial charge in [0.25, 0.3) is 5.56 Å². The lowest BCUT2D eigenvalue weighted by molar-refractivity contribution is -0.131. The monoisotopic (exact) mass is 553 g/mol. The van der Waals surface area contributed by atoms with Gasteiger partial charge in [0.2, 0.25) is 5.91 Å². The molecule has 3 heterocycles. The number of nitrogens with one attached hydrogen (secondary N) is 1. The molecule has 1 amide bonds. The van der Waals surface area contributed by atoms with Crippen LogP contribution in [0.25, 0.3) is 22.5 Å². The van der Waals surface area contributed by atoms with E-state index in [-0.39, 0.29) is 11.5 Å². The van der Waals surface area contributed by atoms with E-state index in [2.05, 4.69) is 51.8 Å². The van der Waals surface area contributed by atoms with Crippen molar-refractivity contribution in [2.24, 2.45) is 0 Å². The van der Waals surface area contributed by atoms with Crippen molar-refractivity contribution in [2.75, 3.05) is 13.1 Å². The molecule has 1 fully saturated rings. The fourth-order valence-electron chi connectivity index (χ4n) is 5.63. The molecule has 5 rings (SSSR count). The molecule has 0 unspecified atom stereocenters. The minimum absolute atomic E-state index is 0.0282. The third-order valence-corrected chi connectivity index (χ3v) is 7.98. The number of benzene rings is 2. The quantitative estimate of drug-likeness (QED) is 0.292. The number of carbonyl (C=O) groups is 1. The molecule has 41 heavy (non-hydrogen) atoms. The van der Waals surface area contributed by atoms with E-state index in [0.717, 1.165) is 79.0 Å². The van der Waals surface area contributed by atoms with E-state index in [4.69, 9.17) is 4.98 Å². The number of aryl methyl sites for hydroxylation is 2. The molecule has 2 aromatic carbocycles. The number of carbonyl (C=O) groups excluding carboxylic acids is 1. The maximum absolute atomic E-state index is 13.9. The van der Waals surface area contributed by atoms with Gasteiger partial charge in [-0.15, -0.1) is 5.10 Å². The highest BCUT2D eigenvalue weighted by Crippen LogP contribution is 2.29. The number of aromatic amines is 1. The van der Waals surface area contributed by atoms with Crippen molar-refractivity contribution in [3.63, 3.8) is 0 Å². The summed E-state index contributed by atoms with van der Waals surface area (Å²) < 4.78 is 1.82. The third kappa shape index (κ3) is 6.78. The third-order valence-electron chi connectivity index (χ3n) is 7.98. The molecule has 214 valence electrons. The van der Waals surface area contributed by atoms with Crippen molar-refractivity contribution in [1.82, 2.24) is 35.1 Å². The van der Waals surface area contributed by atoms with Gasteiger partial charge < -0.3 is 4.90 Å². The number of amides is 1. The second kappa shape index (κ2) is 13.5. The Morgan fingerprint density at radius 1 is 0.951 bits per heavy atom. The van der Waals surface area contributed by atoms with E-state index in [0.29, 0.717) is 30.8 Å². The van der Waals surface area contributed by atoms with Gasteiger partial charge >= 0.3 is 0 Å². The molecular weight excluding hydrogens is 514 g/mol. The number of hydrogen-bond donors (Lipinski definition) is 1. The summed E-state index contributed by atoms with van der Waals surface area (Å²) in [5.41, 5.74) is 5.37. The number of aromatic nitrogens is 6. The largest absolute Gasteiger partial charge is 0.343 e. The Balaban J connectivity index is 1.38. The Labute approximate surface area is 241 Å². The standard InChI is InChI=1S/C32H39N7O2/c1-3-4-13-29-33-23(2)26(18-19-30(40)38-20-9-5-6-10-21-38)32(41)39(29)22-24-14-16-25(17-15-24)27-11-7-8-12-28(27)31-34-36-37-35-31/h7-8,11-12,14-17H,3-6,9-10,13,18-22H2,1-2H3,(H,34,35,36,37). The average Bonchev–Trinajstić information content (AvgIpc) is 3.39. The first-order chi connectivity index (χ1) is 20.0. The zero-order valence-electron chi connectivity index (χ0n) is 24.1. The number of likely N-dealkylation sites (tertiary alicyclic amines) is 1. The first kappa shape index (κ1) is 28.4. The lowest BCUT2D eigenvalue weighted by atomic mass is 9.98. The van der Waals surface area contributed by atoms with Crippen LogP contribution in [0.3, 0.4) is 0 Å². The molecule has 0 spiro atoms. The molecule has 0 aliphatic carbocycles. The molecule has 9 nitrogen and oxygen atoms in total. The van der Waals surface area contributed by atoms with Gasteiger partial charge in [-0.3, -0.25) is 14.2 Å². The number of rotatable bonds is 10. The van der Waals surface area contributed by atoms with Gasteiger partial charge in [0.15, 0.2) is 5.82 Å². The van der Waals surface area contributed by atoms with Crippen LogP contribution < -0.4 is 5.56 Å². The molecule has 1 N–H and O–H groups in total. The first-order valence-electron chi connectivity index (χ1n) is 14.8. The number of unbranched alkanes of at least 4 members (excludes halogenated alkanes) is 1. The summed E-state index contributed by atoms with van der Waals surface area (Å²) in [5, 5.41) is 14.4. The van der Waals surface area contributed by atoms with E-state index in [1.807, 2.05) is 40.7 Å². The first-order valence-corrected chi connectivity index (χ1v) is 14.8. The highest BCUT2D eigenvalue weighted by atomic mass is 16.2. The van der Waals surface area contributed by atoms with Crippen molar-refractivity contribution >= 4 is 5.91 Å². The molecule has 1 aliphatic heterocycles. The van der Waals surface area contributed by atoms with Crippen molar-refractivity contribution < 1.29 is 4.79 Å². The second-order valence-corrected chi connectivity index (χ2v) is 10.9. The Bertz CT molecular complexity index is 1500. The predicted molar refractivity (Wildman–Crippen MR) is 159 cm³/mol. The number of hydrogen-bond acceptors (Lipinski definition) is 6. The van der Waals surface area contributed by atoms with Crippen molar-refractivity contribution in [3.8, 4) is 22.5 Å². The van der Waals surface area contributed by atoms with E-state index in [1.54, 1.807) is 0 Å². The zero-order chi connectivity index (χ0) is 28.6. The molecular formula is C32H39N7O2. The van der Waals surface area contributed by atoms with Gasteiger partial charge in [0.05, 0.1) is 6.54 Å². The summed E-state index contributed by atoms with van der Waals surface area (Å²) in [5.74, 6) is 1.57. The van der Waals surface area contributed by atoms with Crippen LogP contribution in [-0.2, 0) is 24.2 Å². The summed E-state index contributed by atoms with van der Waals surface area (Å²) >= 11 is 0. The van der Waals surface area contributed by atoms with Crippen LogP contribution in [0.4, 0.5) is 0 Å². The van der Waals surface area contributed by atoms with Gasteiger partial charge in [-0.1, -0.05) is 74.7 Å². The maximum Gasteiger partial charge on any atom is 0.257 e. The van der Waals surface area contributed by atoms with Gasteiger partial charge in [0.1, 0.15) is 5.82 Å². The highest BCUT2D eigenvalue weighted by molar-refractivity contribution is 5.80. The maximum atomic E-state index is 13.9. The topological polar surface area (TPSA) is 110 Å². The Hall–Kier alpha value is -4.14. The predicted octanol–water partition coefficient (Wildman–Crippen LogP) is 5.12. The summed E-state index contributed by atoms with van der Waals surface area (Å²) in [6, 6.07) is 16.2. The fourth-order valence-corrected chi connectivity index (χ4v) is 5.63. The Morgan fingerprint density at radius 3 is 2.37 bits per heavy atom. The smallest absolute Gasteiger partial charge is 0.257 e. The van der Waals surface area contributed by atoms with Gasteiger partial charge in [0, 0.05) is 42.8 Å². The second-order valence-electron chi connectivity index (χ2n) is 10.9. The van der Waals surface area contributed by atoms with Gasteiger partial charge in [-0.25, -0.2) is 10.1 Å². The number of nitrogens with zero attached hydrogens (tertiary/aromatic N) is 6.